The van der Waals surface area contributed by atoms with Gasteiger partial charge in [0.05, 0.1) is 25.6 Å². The summed E-state index contributed by atoms with van der Waals surface area (Å²) in [4.78, 5) is 0. The molecule has 0 aromatic carbocycles. The lowest BCUT2D eigenvalue weighted by molar-refractivity contribution is 0.0667. The molecule has 90 valence electrons. The van der Waals surface area contributed by atoms with Gasteiger partial charge in [-0.3, -0.25) is 0 Å². The summed E-state index contributed by atoms with van der Waals surface area (Å²) in [7, 11) is 1.56. The summed E-state index contributed by atoms with van der Waals surface area (Å²) in [6.07, 6.45) is 3.96. The monoisotopic (exact) mass is 218 g/mol. The minimum absolute atomic E-state index is 0.188. The Morgan fingerprint density at radius 2 is 2.07 bits per heavy atom. The Kier molecular flexibility index (Phi) is 17.3. The molecule has 0 aromatic rings. The molecule has 0 aliphatic rings. The fourth-order valence-electron chi connectivity index (χ4n) is 0.684. The number of hydrogen-bond donors (Lipinski definition) is 2. The van der Waals surface area contributed by atoms with Crippen LogP contribution in [0, 0.1) is 0 Å². The number of aliphatic hydroxyl groups excluding tert-OH is 2. The van der Waals surface area contributed by atoms with Gasteiger partial charge in [0.15, 0.2) is 0 Å². The predicted octanol–water partition coefficient (Wildman–Crippen LogP) is 1.10. The maximum absolute atomic E-state index is 8.85. The van der Waals surface area contributed by atoms with Crippen LogP contribution < -0.4 is 0 Å². The smallest absolute Gasteiger partial charge is 0.0894 e. The molecule has 0 amide bonds. The molecular weight excluding hydrogens is 196 g/mol. The molecule has 0 aliphatic carbocycles. The quantitative estimate of drug-likeness (QED) is 0.364. The minimum atomic E-state index is -0.377. The van der Waals surface area contributed by atoms with Crippen molar-refractivity contribution in [1.29, 1.82) is 0 Å². The topological polar surface area (TPSA) is 58.9 Å². The second-order valence-corrected chi connectivity index (χ2v) is 2.75. The van der Waals surface area contributed by atoms with Crippen LogP contribution in [-0.4, -0.2) is 43.2 Å². The van der Waals surface area contributed by atoms with Crippen molar-refractivity contribution in [1.82, 2.24) is 0 Å². The van der Waals surface area contributed by atoms with Crippen molar-refractivity contribution in [3.05, 3.63) is 25.5 Å². The first-order valence-electron chi connectivity index (χ1n) is 4.84. The molecule has 0 heterocycles. The van der Waals surface area contributed by atoms with Crippen LogP contribution in [0.5, 0.6) is 0 Å². The zero-order chi connectivity index (χ0) is 11.9. The van der Waals surface area contributed by atoms with Crippen LogP contribution in [0.4, 0.5) is 0 Å². The Labute approximate surface area is 91.8 Å². The third kappa shape index (κ3) is 19.5. The van der Waals surface area contributed by atoms with Crippen molar-refractivity contribution in [3.8, 4) is 0 Å². The molecule has 4 heteroatoms. The molecule has 0 radical (unpaired) electrons. The zero-order valence-electron chi connectivity index (χ0n) is 9.39. The lowest BCUT2D eigenvalue weighted by Crippen LogP contribution is -2.11. The largest absolute Gasteiger partial charge is 0.502 e. The molecule has 4 nitrogen and oxygen atoms in total. The summed E-state index contributed by atoms with van der Waals surface area (Å²) in [5, 5.41) is 17.0. The van der Waals surface area contributed by atoms with E-state index in [1.807, 2.05) is 0 Å². The van der Waals surface area contributed by atoms with Crippen LogP contribution in [0.1, 0.15) is 12.8 Å². The van der Waals surface area contributed by atoms with Crippen LogP contribution in [0.2, 0.25) is 0 Å². The van der Waals surface area contributed by atoms with E-state index in [1.165, 1.54) is 6.26 Å². The maximum atomic E-state index is 8.85. The van der Waals surface area contributed by atoms with Crippen molar-refractivity contribution in [3.63, 3.8) is 0 Å². The maximum Gasteiger partial charge on any atom is 0.0894 e. The first-order chi connectivity index (χ1) is 7.22. The Morgan fingerprint density at radius 3 is 2.47 bits per heavy atom. The lowest BCUT2D eigenvalue weighted by atomic mass is 10.3. The fourth-order valence-corrected chi connectivity index (χ4v) is 0.684. The van der Waals surface area contributed by atoms with Gasteiger partial charge in [-0.1, -0.05) is 12.7 Å². The molecule has 0 aliphatic heterocycles. The molecule has 1 unspecified atom stereocenters. The van der Waals surface area contributed by atoms with Gasteiger partial charge >= 0.3 is 0 Å². The summed E-state index contributed by atoms with van der Waals surface area (Å²) in [5.41, 5.74) is 0. The van der Waals surface area contributed by atoms with Gasteiger partial charge in [0.25, 0.3) is 0 Å². The van der Waals surface area contributed by atoms with Crippen molar-refractivity contribution < 1.29 is 19.7 Å². The van der Waals surface area contributed by atoms with Gasteiger partial charge in [0.2, 0.25) is 0 Å². The van der Waals surface area contributed by atoms with Crippen LogP contribution in [0.25, 0.3) is 0 Å². The highest BCUT2D eigenvalue weighted by Crippen LogP contribution is 1.90. The van der Waals surface area contributed by atoms with E-state index in [0.29, 0.717) is 26.1 Å². The molecule has 2 N–H and O–H groups in total. The van der Waals surface area contributed by atoms with Gasteiger partial charge < -0.3 is 19.7 Å². The summed E-state index contributed by atoms with van der Waals surface area (Å²) in [6, 6.07) is 0. The molecular formula is C11H22O4. The molecule has 15 heavy (non-hydrogen) atoms. The van der Waals surface area contributed by atoms with E-state index in [2.05, 4.69) is 22.6 Å². The van der Waals surface area contributed by atoms with E-state index in [4.69, 9.17) is 10.2 Å². The second kappa shape index (κ2) is 15.6. The predicted molar refractivity (Wildman–Crippen MR) is 60.5 cm³/mol. The summed E-state index contributed by atoms with van der Waals surface area (Å²) >= 11 is 0. The summed E-state index contributed by atoms with van der Waals surface area (Å²) < 4.78 is 9.34. The van der Waals surface area contributed by atoms with Gasteiger partial charge in [-0.2, -0.15) is 0 Å². The van der Waals surface area contributed by atoms with Crippen molar-refractivity contribution >= 4 is 0 Å². The minimum Gasteiger partial charge on any atom is -0.502 e. The number of aliphatic hydroxyl groups is 2. The molecule has 0 aromatic heterocycles. The average molecular weight is 218 g/mol. The van der Waals surface area contributed by atoms with Crippen LogP contribution in [0.15, 0.2) is 25.5 Å². The average Bonchev–Trinajstić information content (AvgIpc) is 2.20. The second-order valence-electron chi connectivity index (χ2n) is 2.75. The summed E-state index contributed by atoms with van der Waals surface area (Å²) in [5.74, 6) is 0. The van der Waals surface area contributed by atoms with Crippen LogP contribution in [0.3, 0.4) is 0 Å². The Hall–Kier alpha value is -0.840. The lowest BCUT2D eigenvalue weighted by Gasteiger charge is -2.03. The number of hydrogen-bond acceptors (Lipinski definition) is 4. The highest BCUT2D eigenvalue weighted by atomic mass is 16.5. The van der Waals surface area contributed by atoms with Gasteiger partial charge in [-0.25, -0.2) is 0 Å². The Balaban J connectivity index is 0. The van der Waals surface area contributed by atoms with E-state index >= 15 is 0 Å². The van der Waals surface area contributed by atoms with E-state index in [0.717, 1.165) is 0 Å². The first-order valence-corrected chi connectivity index (χ1v) is 4.84. The molecule has 0 fully saturated rings. The third-order valence-electron chi connectivity index (χ3n) is 1.34. The molecule has 0 bridgehead atoms. The van der Waals surface area contributed by atoms with Crippen molar-refractivity contribution in [2.24, 2.45) is 0 Å². The Morgan fingerprint density at radius 1 is 1.40 bits per heavy atom. The molecule has 0 saturated carbocycles. The van der Waals surface area contributed by atoms with Crippen LogP contribution in [-0.2, 0) is 9.47 Å². The van der Waals surface area contributed by atoms with Gasteiger partial charge in [0, 0.05) is 20.1 Å². The van der Waals surface area contributed by atoms with Gasteiger partial charge in [-0.15, -0.1) is 6.58 Å². The summed E-state index contributed by atoms with van der Waals surface area (Å²) in [6.45, 7) is 7.95. The number of methoxy groups -OCH3 is 1. The molecule has 1 atom stereocenters. The van der Waals surface area contributed by atoms with E-state index in [-0.39, 0.29) is 12.7 Å². The van der Waals surface area contributed by atoms with E-state index < -0.39 is 0 Å². The molecule has 0 spiro atoms. The highest BCUT2D eigenvalue weighted by Gasteiger charge is 1.96. The fraction of sp³-hybridized carbons (Fsp3) is 0.636. The molecule has 0 rings (SSSR count). The molecule has 0 saturated heterocycles. The van der Waals surface area contributed by atoms with Crippen molar-refractivity contribution in [2.45, 2.75) is 18.9 Å². The van der Waals surface area contributed by atoms with Gasteiger partial charge in [-0.05, 0) is 6.42 Å². The van der Waals surface area contributed by atoms with Gasteiger partial charge in [0.1, 0.15) is 0 Å². The van der Waals surface area contributed by atoms with Crippen LogP contribution >= 0.6 is 0 Å². The normalized spacial score (nSPS) is 10.9. The first kappa shape index (κ1) is 16.6. The number of ether oxygens (including phenoxy) is 2. The van der Waals surface area contributed by atoms with E-state index in [1.54, 1.807) is 13.2 Å². The number of rotatable bonds is 8. The van der Waals surface area contributed by atoms with E-state index in [9.17, 15) is 0 Å². The zero-order valence-corrected chi connectivity index (χ0v) is 9.39. The SMILES string of the molecule is C=CCC(O)COC.C=COCCCO. The highest BCUT2D eigenvalue weighted by molar-refractivity contribution is 4.71. The third-order valence-corrected chi connectivity index (χ3v) is 1.34. The Bertz CT molecular complexity index is 137. The van der Waals surface area contributed by atoms with Crippen molar-refractivity contribution in [2.75, 3.05) is 26.9 Å². The standard InChI is InChI=1S/C6H12O2.C5H10O2/c1-3-4-6(7)5-8-2;1-2-7-5-3-4-6/h3,6-7H,1,4-5H2,2H3;2,6H,1,3-5H2.